The van der Waals surface area contributed by atoms with E-state index in [2.05, 4.69) is 10.3 Å². The third kappa shape index (κ3) is 6.10. The van der Waals surface area contributed by atoms with Crippen molar-refractivity contribution in [2.24, 2.45) is 0 Å². The number of benzene rings is 1. The van der Waals surface area contributed by atoms with Gasteiger partial charge in [-0.25, -0.2) is 4.98 Å². The molecule has 7 heteroatoms. The van der Waals surface area contributed by atoms with Crippen molar-refractivity contribution in [2.45, 2.75) is 23.2 Å². The van der Waals surface area contributed by atoms with Gasteiger partial charge < -0.3 is 10.2 Å². The van der Waals surface area contributed by atoms with E-state index in [0.29, 0.717) is 6.54 Å². The fourth-order valence-electron chi connectivity index (χ4n) is 2.37. The Morgan fingerprint density at radius 1 is 1.20 bits per heavy atom. The summed E-state index contributed by atoms with van der Waals surface area (Å²) in [6.07, 6.45) is 2.18. The molecule has 0 aliphatic carbocycles. The van der Waals surface area contributed by atoms with Crippen LogP contribution in [0, 0.1) is 0 Å². The number of aromatic nitrogens is 1. The molecule has 1 unspecified atom stereocenters. The zero-order chi connectivity index (χ0) is 18.2. The van der Waals surface area contributed by atoms with Gasteiger partial charge in [0.05, 0.1) is 5.56 Å². The Bertz CT molecular complexity index is 683. The number of alkyl halides is 2. The minimum atomic E-state index is -2.62. The fourth-order valence-corrected chi connectivity index (χ4v) is 2.95. The highest BCUT2D eigenvalue weighted by Crippen LogP contribution is 2.26. The Hall–Kier alpha value is -1.99. The maximum absolute atomic E-state index is 12.6. The number of nitrogens with one attached hydrogen (secondary N) is 1. The van der Waals surface area contributed by atoms with Gasteiger partial charge >= 0.3 is 0 Å². The van der Waals surface area contributed by atoms with Crippen LogP contribution in [-0.4, -0.2) is 48.2 Å². The molecule has 0 aliphatic rings. The molecule has 0 bridgehead atoms. The maximum atomic E-state index is 12.6. The summed E-state index contributed by atoms with van der Waals surface area (Å²) in [6, 6.07) is 13.2. The molecule has 1 atom stereocenters. The number of hydrogen-bond acceptors (Lipinski definition) is 4. The summed E-state index contributed by atoms with van der Waals surface area (Å²) < 4.78 is 25.2. The number of hydrogen-bond donors (Lipinski definition) is 1. The summed E-state index contributed by atoms with van der Waals surface area (Å²) in [5.41, 5.74) is 1.34. The van der Waals surface area contributed by atoms with Gasteiger partial charge in [-0.15, -0.1) is 0 Å². The minimum absolute atomic E-state index is 0.0412. The van der Waals surface area contributed by atoms with Crippen LogP contribution in [0.3, 0.4) is 0 Å². The van der Waals surface area contributed by atoms with Crippen LogP contribution in [-0.2, 0) is 6.42 Å². The van der Waals surface area contributed by atoms with Gasteiger partial charge in [0.25, 0.3) is 11.7 Å². The Kier molecular flexibility index (Phi) is 7.33. The monoisotopic (exact) mass is 365 g/mol. The van der Waals surface area contributed by atoms with Crippen molar-refractivity contribution in [3.05, 3.63) is 59.8 Å². The number of thioether (sulfide) groups is 1. The smallest absolute Gasteiger partial charge is 0.290 e. The molecule has 1 amide bonds. The van der Waals surface area contributed by atoms with E-state index in [9.17, 15) is 13.6 Å². The molecule has 2 rings (SSSR count). The van der Waals surface area contributed by atoms with Gasteiger partial charge in [0, 0.05) is 18.8 Å². The van der Waals surface area contributed by atoms with E-state index in [1.54, 1.807) is 6.07 Å². The molecule has 2 aromatic rings. The van der Waals surface area contributed by atoms with E-state index < -0.39 is 11.7 Å². The summed E-state index contributed by atoms with van der Waals surface area (Å²) in [7, 11) is 3.89. The number of carbonyl (C=O) groups is 1. The second-order valence-corrected chi connectivity index (χ2v) is 6.73. The van der Waals surface area contributed by atoms with Gasteiger partial charge in [-0.3, -0.25) is 4.79 Å². The summed E-state index contributed by atoms with van der Waals surface area (Å²) in [5.74, 6) is -3.01. The van der Waals surface area contributed by atoms with E-state index in [-0.39, 0.29) is 28.4 Å². The molecule has 0 fully saturated rings. The van der Waals surface area contributed by atoms with Crippen molar-refractivity contribution in [1.82, 2.24) is 15.2 Å². The molecule has 134 valence electrons. The first-order chi connectivity index (χ1) is 12.0. The third-order valence-electron chi connectivity index (χ3n) is 3.76. The Balaban J connectivity index is 2.02. The molecular formula is C18H21F2N3OS. The van der Waals surface area contributed by atoms with Crippen LogP contribution in [0.15, 0.2) is 53.7 Å². The highest BCUT2D eigenvalue weighted by Gasteiger charge is 2.19. The standard InChI is InChI=1S/C18H21F2N3OS/c1-23(2)14(11-13-7-4-3-5-8-13)12-22-16(24)15-9-6-10-21-17(15)25-18(19)20/h3-10,14,18H,11-12H2,1-2H3,(H,22,24). The second kappa shape index (κ2) is 9.48. The van der Waals surface area contributed by atoms with Crippen molar-refractivity contribution >= 4 is 17.7 Å². The lowest BCUT2D eigenvalue weighted by atomic mass is 10.1. The first-order valence-electron chi connectivity index (χ1n) is 7.85. The Labute approximate surface area is 150 Å². The number of amides is 1. The predicted octanol–water partition coefficient (Wildman–Crippen LogP) is 3.30. The summed E-state index contributed by atoms with van der Waals surface area (Å²) in [5, 5.41) is 2.88. The maximum Gasteiger partial charge on any atom is 0.290 e. The fraction of sp³-hybridized carbons (Fsp3) is 0.333. The van der Waals surface area contributed by atoms with Crippen molar-refractivity contribution in [1.29, 1.82) is 0 Å². The lowest BCUT2D eigenvalue weighted by molar-refractivity contribution is 0.0938. The first kappa shape index (κ1) is 19.3. The van der Waals surface area contributed by atoms with Crippen LogP contribution in [0.5, 0.6) is 0 Å². The van der Waals surface area contributed by atoms with E-state index in [1.165, 1.54) is 17.8 Å². The Morgan fingerprint density at radius 3 is 2.56 bits per heavy atom. The van der Waals surface area contributed by atoms with Crippen LogP contribution in [0.2, 0.25) is 0 Å². The lowest BCUT2D eigenvalue weighted by Gasteiger charge is -2.25. The van der Waals surface area contributed by atoms with Crippen molar-refractivity contribution in [2.75, 3.05) is 20.6 Å². The molecule has 1 N–H and O–H groups in total. The molecule has 1 aromatic carbocycles. The zero-order valence-corrected chi connectivity index (χ0v) is 15.0. The topological polar surface area (TPSA) is 45.2 Å². The van der Waals surface area contributed by atoms with Crippen molar-refractivity contribution < 1.29 is 13.6 Å². The van der Waals surface area contributed by atoms with Gasteiger partial charge in [0.2, 0.25) is 0 Å². The predicted molar refractivity (Wildman–Crippen MR) is 96.1 cm³/mol. The summed E-state index contributed by atoms with van der Waals surface area (Å²) >= 11 is 0.281. The van der Waals surface area contributed by atoms with E-state index in [1.807, 2.05) is 49.3 Å². The number of carbonyl (C=O) groups excluding carboxylic acids is 1. The molecular weight excluding hydrogens is 344 g/mol. The average molecular weight is 365 g/mol. The molecule has 25 heavy (non-hydrogen) atoms. The quantitative estimate of drug-likeness (QED) is 0.729. The molecule has 0 aliphatic heterocycles. The molecule has 0 spiro atoms. The second-order valence-electron chi connectivity index (χ2n) is 5.75. The molecule has 4 nitrogen and oxygen atoms in total. The highest BCUT2D eigenvalue weighted by atomic mass is 32.2. The largest absolute Gasteiger partial charge is 0.350 e. The van der Waals surface area contributed by atoms with Crippen LogP contribution in [0.1, 0.15) is 15.9 Å². The summed E-state index contributed by atoms with van der Waals surface area (Å²) in [4.78, 5) is 18.3. The SMILES string of the molecule is CN(C)C(CNC(=O)c1cccnc1SC(F)F)Cc1ccccc1. The first-order valence-corrected chi connectivity index (χ1v) is 8.73. The van der Waals surface area contributed by atoms with E-state index in [0.717, 1.165) is 6.42 Å². The van der Waals surface area contributed by atoms with Crippen LogP contribution in [0.4, 0.5) is 8.78 Å². The minimum Gasteiger partial charge on any atom is -0.350 e. The van der Waals surface area contributed by atoms with Gasteiger partial charge in [0.1, 0.15) is 5.03 Å². The molecule has 1 heterocycles. The number of rotatable bonds is 8. The van der Waals surface area contributed by atoms with Crippen LogP contribution >= 0.6 is 11.8 Å². The number of nitrogens with zero attached hydrogens (tertiary/aromatic N) is 2. The normalized spacial score (nSPS) is 12.4. The van der Waals surface area contributed by atoms with E-state index in [4.69, 9.17) is 0 Å². The molecule has 0 saturated carbocycles. The van der Waals surface area contributed by atoms with Crippen LogP contribution < -0.4 is 5.32 Å². The third-order valence-corrected chi connectivity index (χ3v) is 4.49. The van der Waals surface area contributed by atoms with Gasteiger partial charge in [0.15, 0.2) is 0 Å². The number of pyridine rings is 1. The molecule has 0 radical (unpaired) electrons. The van der Waals surface area contributed by atoms with Crippen LogP contribution in [0.25, 0.3) is 0 Å². The van der Waals surface area contributed by atoms with Crippen molar-refractivity contribution in [3.8, 4) is 0 Å². The van der Waals surface area contributed by atoms with E-state index >= 15 is 0 Å². The summed E-state index contributed by atoms with van der Waals surface area (Å²) in [6.45, 7) is 0.411. The zero-order valence-electron chi connectivity index (χ0n) is 14.2. The van der Waals surface area contributed by atoms with Crippen molar-refractivity contribution in [3.63, 3.8) is 0 Å². The van der Waals surface area contributed by atoms with Gasteiger partial charge in [-0.1, -0.05) is 30.3 Å². The Morgan fingerprint density at radius 2 is 1.92 bits per heavy atom. The molecule has 1 aromatic heterocycles. The molecule has 0 saturated heterocycles. The van der Waals surface area contributed by atoms with Gasteiger partial charge in [-0.05, 0) is 50.0 Å². The highest BCUT2D eigenvalue weighted by molar-refractivity contribution is 7.99. The number of likely N-dealkylation sites (N-methyl/N-ethyl adjacent to an activating group) is 1. The average Bonchev–Trinajstić information content (AvgIpc) is 2.59. The number of halogens is 2. The lowest BCUT2D eigenvalue weighted by Crippen LogP contribution is -2.41. The van der Waals surface area contributed by atoms with Gasteiger partial charge in [-0.2, -0.15) is 8.78 Å².